The lowest BCUT2D eigenvalue weighted by Gasteiger charge is -2.18. The minimum absolute atomic E-state index is 0.0640. The normalized spacial score (nSPS) is 11.9. The summed E-state index contributed by atoms with van der Waals surface area (Å²) in [5.41, 5.74) is 0. The SMILES string of the molecule is CCCCCCCCCCCCCCCCCCC(=O)OC[C@@H](COC(=O)CCCCCCCCCCCCC(C)C)OC(=O)CCCCCCCCC. The van der Waals surface area contributed by atoms with Crippen molar-refractivity contribution < 1.29 is 28.6 Å². The van der Waals surface area contributed by atoms with Crippen molar-refractivity contribution in [2.75, 3.05) is 13.2 Å². The molecule has 0 N–H and O–H groups in total. The largest absolute Gasteiger partial charge is 0.462 e. The Hall–Kier alpha value is -1.59. The fourth-order valence-electron chi connectivity index (χ4n) is 7.16. The van der Waals surface area contributed by atoms with E-state index in [-0.39, 0.29) is 31.1 Å². The highest BCUT2D eigenvalue weighted by atomic mass is 16.6. The van der Waals surface area contributed by atoms with Crippen molar-refractivity contribution in [1.82, 2.24) is 0 Å². The molecule has 0 aliphatic rings. The van der Waals surface area contributed by atoms with Gasteiger partial charge in [-0.25, -0.2) is 0 Å². The average molecular weight is 765 g/mol. The highest BCUT2D eigenvalue weighted by Gasteiger charge is 2.19. The molecule has 0 radical (unpaired) electrons. The maximum Gasteiger partial charge on any atom is 0.306 e. The van der Waals surface area contributed by atoms with Gasteiger partial charge >= 0.3 is 17.9 Å². The molecule has 54 heavy (non-hydrogen) atoms. The number of esters is 3. The van der Waals surface area contributed by atoms with Gasteiger partial charge in [-0.3, -0.25) is 14.4 Å². The second-order valence-electron chi connectivity index (χ2n) is 16.9. The van der Waals surface area contributed by atoms with Gasteiger partial charge in [0.2, 0.25) is 0 Å². The number of hydrogen-bond donors (Lipinski definition) is 0. The second-order valence-corrected chi connectivity index (χ2v) is 16.9. The van der Waals surface area contributed by atoms with Crippen LogP contribution in [0.3, 0.4) is 0 Å². The molecular weight excluding hydrogens is 673 g/mol. The summed E-state index contributed by atoms with van der Waals surface area (Å²) in [6, 6.07) is 0. The van der Waals surface area contributed by atoms with Gasteiger partial charge in [0.1, 0.15) is 13.2 Å². The molecular formula is C48H92O6. The van der Waals surface area contributed by atoms with Crippen molar-refractivity contribution in [2.24, 2.45) is 5.92 Å². The van der Waals surface area contributed by atoms with Gasteiger partial charge in [0.25, 0.3) is 0 Å². The zero-order chi connectivity index (χ0) is 39.6. The molecule has 0 rings (SSSR count). The third-order valence-corrected chi connectivity index (χ3v) is 10.8. The molecule has 0 aromatic heterocycles. The Bertz CT molecular complexity index is 811. The Kier molecular flexibility index (Phi) is 41.3. The summed E-state index contributed by atoms with van der Waals surface area (Å²) in [6.45, 7) is 8.96. The quantitative estimate of drug-likeness (QED) is 0.0349. The average Bonchev–Trinajstić information content (AvgIpc) is 3.15. The van der Waals surface area contributed by atoms with E-state index < -0.39 is 6.10 Å². The number of carbonyl (C=O) groups is 3. The molecule has 0 heterocycles. The summed E-state index contributed by atoms with van der Waals surface area (Å²) < 4.78 is 16.7. The summed E-state index contributed by atoms with van der Waals surface area (Å²) in [5, 5.41) is 0. The smallest absolute Gasteiger partial charge is 0.306 e. The van der Waals surface area contributed by atoms with Crippen molar-refractivity contribution in [1.29, 1.82) is 0 Å². The number of carbonyl (C=O) groups excluding carboxylic acids is 3. The molecule has 0 aliphatic carbocycles. The predicted octanol–water partition coefficient (Wildman–Crippen LogP) is 15.1. The third kappa shape index (κ3) is 41.6. The maximum atomic E-state index is 12.6. The van der Waals surface area contributed by atoms with Crippen LogP contribution >= 0.6 is 0 Å². The first-order chi connectivity index (χ1) is 26.4. The van der Waals surface area contributed by atoms with Crippen LogP contribution in [0.1, 0.15) is 265 Å². The fourth-order valence-corrected chi connectivity index (χ4v) is 7.16. The Morgan fingerprint density at radius 3 is 0.907 bits per heavy atom. The van der Waals surface area contributed by atoms with Crippen molar-refractivity contribution >= 4 is 17.9 Å². The summed E-state index contributed by atoms with van der Waals surface area (Å²) in [6.07, 6.45) is 42.4. The van der Waals surface area contributed by atoms with Crippen LogP contribution in [0.25, 0.3) is 0 Å². The Morgan fingerprint density at radius 2 is 0.611 bits per heavy atom. The standard InChI is InChI=1S/C48H92O6/c1-5-7-9-11-13-14-15-16-17-18-19-20-24-28-31-35-39-46(49)52-42-45(54-48(51)41-37-33-26-12-10-8-6-2)43-53-47(50)40-36-32-29-25-22-21-23-27-30-34-38-44(3)4/h44-45H,5-43H2,1-4H3/t45-/m0/s1. The van der Waals surface area contributed by atoms with Crippen LogP contribution in [0.2, 0.25) is 0 Å². The van der Waals surface area contributed by atoms with Gasteiger partial charge in [-0.15, -0.1) is 0 Å². The first kappa shape index (κ1) is 52.4. The Labute approximate surface area is 336 Å². The van der Waals surface area contributed by atoms with Crippen molar-refractivity contribution in [3.63, 3.8) is 0 Å². The predicted molar refractivity (Wildman–Crippen MR) is 229 cm³/mol. The van der Waals surface area contributed by atoms with Crippen molar-refractivity contribution in [2.45, 2.75) is 271 Å². The van der Waals surface area contributed by atoms with Crippen molar-refractivity contribution in [3.8, 4) is 0 Å². The molecule has 0 fully saturated rings. The summed E-state index contributed by atoms with van der Waals surface area (Å²) in [5.74, 6) is -0.0392. The van der Waals surface area contributed by atoms with Gasteiger partial charge in [-0.05, 0) is 25.2 Å². The monoisotopic (exact) mass is 765 g/mol. The number of ether oxygens (including phenoxy) is 3. The van der Waals surface area contributed by atoms with Crippen LogP contribution in [0.15, 0.2) is 0 Å². The number of unbranched alkanes of at least 4 members (excludes halogenated alkanes) is 30. The summed E-state index contributed by atoms with van der Waals surface area (Å²) in [7, 11) is 0. The van der Waals surface area contributed by atoms with E-state index in [0.29, 0.717) is 19.3 Å². The topological polar surface area (TPSA) is 78.9 Å². The third-order valence-electron chi connectivity index (χ3n) is 10.8. The molecule has 6 nitrogen and oxygen atoms in total. The van der Waals surface area contributed by atoms with Gasteiger partial charge in [-0.1, -0.05) is 227 Å². The molecule has 0 aliphatic heterocycles. The van der Waals surface area contributed by atoms with E-state index in [2.05, 4.69) is 27.7 Å². The minimum atomic E-state index is -0.758. The molecule has 0 aromatic rings. The molecule has 0 spiro atoms. The summed E-state index contributed by atoms with van der Waals surface area (Å²) in [4.78, 5) is 37.6. The molecule has 320 valence electrons. The first-order valence-corrected chi connectivity index (χ1v) is 23.9. The van der Waals surface area contributed by atoms with E-state index in [1.165, 1.54) is 161 Å². The lowest BCUT2D eigenvalue weighted by molar-refractivity contribution is -0.167. The fraction of sp³-hybridized carbons (Fsp3) is 0.938. The highest BCUT2D eigenvalue weighted by molar-refractivity contribution is 5.71. The maximum absolute atomic E-state index is 12.6. The molecule has 0 aromatic carbocycles. The Balaban J connectivity index is 4.20. The Morgan fingerprint density at radius 1 is 0.352 bits per heavy atom. The van der Waals surface area contributed by atoms with Crippen LogP contribution in [0, 0.1) is 5.92 Å². The van der Waals surface area contributed by atoms with Crippen LogP contribution in [0.4, 0.5) is 0 Å². The van der Waals surface area contributed by atoms with Gasteiger partial charge in [0.05, 0.1) is 0 Å². The molecule has 6 heteroatoms. The number of hydrogen-bond acceptors (Lipinski definition) is 6. The van der Waals surface area contributed by atoms with Crippen LogP contribution in [0.5, 0.6) is 0 Å². The van der Waals surface area contributed by atoms with E-state index in [1.807, 2.05) is 0 Å². The molecule has 0 bridgehead atoms. The van der Waals surface area contributed by atoms with Crippen LogP contribution in [-0.2, 0) is 28.6 Å². The van der Waals surface area contributed by atoms with E-state index in [1.54, 1.807) is 0 Å². The van der Waals surface area contributed by atoms with E-state index in [4.69, 9.17) is 14.2 Å². The van der Waals surface area contributed by atoms with Gasteiger partial charge < -0.3 is 14.2 Å². The first-order valence-electron chi connectivity index (χ1n) is 23.9. The molecule has 0 saturated carbocycles. The molecule has 0 amide bonds. The minimum Gasteiger partial charge on any atom is -0.462 e. The van der Waals surface area contributed by atoms with E-state index in [9.17, 15) is 14.4 Å². The summed E-state index contributed by atoms with van der Waals surface area (Å²) >= 11 is 0. The van der Waals surface area contributed by atoms with Crippen molar-refractivity contribution in [3.05, 3.63) is 0 Å². The zero-order valence-electron chi connectivity index (χ0n) is 36.7. The second kappa shape index (κ2) is 42.6. The van der Waals surface area contributed by atoms with Crippen LogP contribution < -0.4 is 0 Å². The van der Waals surface area contributed by atoms with Crippen LogP contribution in [-0.4, -0.2) is 37.2 Å². The van der Waals surface area contributed by atoms with Gasteiger partial charge in [-0.2, -0.15) is 0 Å². The molecule has 1 atom stereocenters. The van der Waals surface area contributed by atoms with Gasteiger partial charge in [0, 0.05) is 19.3 Å². The lowest BCUT2D eigenvalue weighted by atomic mass is 10.0. The lowest BCUT2D eigenvalue weighted by Crippen LogP contribution is -2.30. The zero-order valence-corrected chi connectivity index (χ0v) is 36.7. The van der Waals surface area contributed by atoms with E-state index >= 15 is 0 Å². The van der Waals surface area contributed by atoms with E-state index in [0.717, 1.165) is 63.7 Å². The molecule has 0 unspecified atom stereocenters. The molecule has 0 saturated heterocycles. The highest BCUT2D eigenvalue weighted by Crippen LogP contribution is 2.16. The number of rotatable bonds is 43. The van der Waals surface area contributed by atoms with Gasteiger partial charge in [0.15, 0.2) is 6.10 Å².